The van der Waals surface area contributed by atoms with Gasteiger partial charge < -0.3 is 9.47 Å². The van der Waals surface area contributed by atoms with Gasteiger partial charge in [-0.25, -0.2) is 0 Å². The molecule has 1 heterocycles. The summed E-state index contributed by atoms with van der Waals surface area (Å²) in [4.78, 5) is 2.48. The van der Waals surface area contributed by atoms with Crippen molar-refractivity contribution >= 4 is 12.6 Å². The number of hydrogen-bond donors (Lipinski definition) is 1. The maximum atomic E-state index is 5.45. The molecule has 0 aromatic carbocycles. The van der Waals surface area contributed by atoms with Gasteiger partial charge in [0.1, 0.15) is 0 Å². The average molecular weight is 289 g/mol. The quantitative estimate of drug-likeness (QED) is 0.467. The van der Waals surface area contributed by atoms with Crippen LogP contribution in [0.3, 0.4) is 0 Å². The Bertz CT molecular complexity index is 204. The van der Waals surface area contributed by atoms with Crippen molar-refractivity contribution in [3.05, 3.63) is 0 Å². The molecule has 1 saturated heterocycles. The number of unbranched alkanes of at least 4 members (excludes halogenated alkanes) is 6. The van der Waals surface area contributed by atoms with Crippen LogP contribution in [0.2, 0.25) is 0 Å². The van der Waals surface area contributed by atoms with Crippen LogP contribution in [-0.2, 0) is 9.47 Å². The van der Waals surface area contributed by atoms with Crippen molar-refractivity contribution in [1.29, 1.82) is 0 Å². The van der Waals surface area contributed by atoms with E-state index in [0.29, 0.717) is 0 Å². The first-order valence-electron chi connectivity index (χ1n) is 7.70. The van der Waals surface area contributed by atoms with E-state index in [1.165, 1.54) is 51.5 Å². The molecule has 2 atom stereocenters. The van der Waals surface area contributed by atoms with Crippen molar-refractivity contribution in [3.63, 3.8) is 0 Å². The van der Waals surface area contributed by atoms with Crippen molar-refractivity contribution in [2.24, 2.45) is 0 Å². The predicted octanol–water partition coefficient (Wildman–Crippen LogP) is 2.99. The molecule has 0 radical (unpaired) electrons. The van der Waals surface area contributed by atoms with Gasteiger partial charge in [-0.1, -0.05) is 32.1 Å². The molecule has 114 valence electrons. The van der Waals surface area contributed by atoms with Crippen LogP contribution in [0.5, 0.6) is 0 Å². The van der Waals surface area contributed by atoms with E-state index in [1.807, 2.05) is 0 Å². The van der Waals surface area contributed by atoms with Gasteiger partial charge >= 0.3 is 0 Å². The Hall–Kier alpha value is 0.230. The molecule has 0 aliphatic carbocycles. The van der Waals surface area contributed by atoms with Gasteiger partial charge in [0.15, 0.2) is 0 Å². The van der Waals surface area contributed by atoms with Crippen molar-refractivity contribution in [3.8, 4) is 0 Å². The summed E-state index contributed by atoms with van der Waals surface area (Å²) in [5.74, 6) is 1.04. The molecule has 1 aliphatic rings. The molecule has 0 N–H and O–H groups in total. The molecule has 0 saturated carbocycles. The average Bonchev–Trinajstić information content (AvgIpc) is 2.84. The van der Waals surface area contributed by atoms with Crippen LogP contribution in [-0.4, -0.2) is 56.7 Å². The Morgan fingerprint density at radius 3 is 1.79 bits per heavy atom. The zero-order valence-electron chi connectivity index (χ0n) is 12.6. The SMILES string of the molecule is COC1CN(CCCCCCCCCS)CC1OC. The van der Waals surface area contributed by atoms with Gasteiger partial charge in [-0.3, -0.25) is 4.90 Å². The zero-order valence-corrected chi connectivity index (χ0v) is 13.5. The smallest absolute Gasteiger partial charge is 0.0971 e. The van der Waals surface area contributed by atoms with Crippen LogP contribution in [0.4, 0.5) is 0 Å². The second-order valence-corrected chi connectivity index (χ2v) is 5.95. The lowest BCUT2D eigenvalue weighted by Gasteiger charge is -2.14. The third-order valence-corrected chi connectivity index (χ3v) is 4.35. The summed E-state index contributed by atoms with van der Waals surface area (Å²) in [5, 5.41) is 0. The van der Waals surface area contributed by atoms with E-state index in [0.717, 1.165) is 18.8 Å². The highest BCUT2D eigenvalue weighted by molar-refractivity contribution is 7.80. The molecule has 1 aliphatic heterocycles. The van der Waals surface area contributed by atoms with E-state index in [9.17, 15) is 0 Å². The summed E-state index contributed by atoms with van der Waals surface area (Å²) in [6.45, 7) is 3.24. The summed E-state index contributed by atoms with van der Waals surface area (Å²) >= 11 is 4.23. The lowest BCUT2D eigenvalue weighted by atomic mass is 10.1. The minimum atomic E-state index is 0.256. The van der Waals surface area contributed by atoms with Crippen LogP contribution >= 0.6 is 12.6 Å². The predicted molar refractivity (Wildman–Crippen MR) is 84.2 cm³/mol. The number of likely N-dealkylation sites (tertiary alicyclic amines) is 1. The molecular formula is C15H31NO2S. The molecule has 0 spiro atoms. The van der Waals surface area contributed by atoms with Crippen LogP contribution < -0.4 is 0 Å². The van der Waals surface area contributed by atoms with Crippen LogP contribution in [0, 0.1) is 0 Å². The Morgan fingerprint density at radius 2 is 1.32 bits per heavy atom. The number of hydrogen-bond acceptors (Lipinski definition) is 4. The fourth-order valence-electron chi connectivity index (χ4n) is 2.78. The number of ether oxygens (including phenoxy) is 2. The molecule has 19 heavy (non-hydrogen) atoms. The summed E-state index contributed by atoms with van der Waals surface area (Å²) in [6.07, 6.45) is 9.93. The summed E-state index contributed by atoms with van der Waals surface area (Å²) in [5.41, 5.74) is 0. The molecule has 0 aromatic heterocycles. The second kappa shape index (κ2) is 11.0. The van der Waals surface area contributed by atoms with Crippen LogP contribution in [0.15, 0.2) is 0 Å². The first-order valence-corrected chi connectivity index (χ1v) is 8.34. The topological polar surface area (TPSA) is 21.7 Å². The van der Waals surface area contributed by atoms with Gasteiger partial charge in [-0.15, -0.1) is 0 Å². The zero-order chi connectivity index (χ0) is 13.9. The lowest BCUT2D eigenvalue weighted by molar-refractivity contribution is -0.00461. The minimum absolute atomic E-state index is 0.256. The Labute approximate surface area is 124 Å². The number of nitrogens with zero attached hydrogens (tertiary/aromatic N) is 1. The number of rotatable bonds is 11. The fourth-order valence-corrected chi connectivity index (χ4v) is 3.01. The molecule has 0 amide bonds. The van der Waals surface area contributed by atoms with Gasteiger partial charge in [-0.05, 0) is 25.1 Å². The second-order valence-electron chi connectivity index (χ2n) is 5.51. The summed E-state index contributed by atoms with van der Waals surface area (Å²) in [7, 11) is 3.57. The van der Waals surface area contributed by atoms with E-state index >= 15 is 0 Å². The van der Waals surface area contributed by atoms with Crippen molar-refractivity contribution in [2.45, 2.75) is 57.2 Å². The highest BCUT2D eigenvalue weighted by Gasteiger charge is 2.32. The molecular weight excluding hydrogens is 258 g/mol. The van der Waals surface area contributed by atoms with Gasteiger partial charge in [0.2, 0.25) is 0 Å². The van der Waals surface area contributed by atoms with Crippen molar-refractivity contribution < 1.29 is 9.47 Å². The van der Waals surface area contributed by atoms with Gasteiger partial charge in [0.25, 0.3) is 0 Å². The third kappa shape index (κ3) is 6.98. The van der Waals surface area contributed by atoms with Gasteiger partial charge in [-0.2, -0.15) is 12.6 Å². The molecule has 2 unspecified atom stereocenters. The highest BCUT2D eigenvalue weighted by atomic mass is 32.1. The highest BCUT2D eigenvalue weighted by Crippen LogP contribution is 2.16. The summed E-state index contributed by atoms with van der Waals surface area (Å²) in [6, 6.07) is 0. The molecule has 0 bridgehead atoms. The van der Waals surface area contributed by atoms with E-state index in [-0.39, 0.29) is 12.2 Å². The largest absolute Gasteiger partial charge is 0.377 e. The normalized spacial score (nSPS) is 24.2. The lowest BCUT2D eigenvalue weighted by Crippen LogP contribution is -2.27. The maximum absolute atomic E-state index is 5.45. The Kier molecular flexibility index (Phi) is 9.96. The van der Waals surface area contributed by atoms with Crippen LogP contribution in [0.1, 0.15) is 44.9 Å². The number of thiol groups is 1. The van der Waals surface area contributed by atoms with E-state index in [1.54, 1.807) is 14.2 Å². The molecule has 4 heteroatoms. The van der Waals surface area contributed by atoms with Crippen molar-refractivity contribution in [1.82, 2.24) is 4.90 Å². The molecule has 1 fully saturated rings. The standard InChI is InChI=1S/C15H31NO2S/c1-17-14-12-16(13-15(14)18-2)10-8-6-4-3-5-7-9-11-19/h14-15,19H,3-13H2,1-2H3. The summed E-state index contributed by atoms with van der Waals surface area (Å²) < 4.78 is 10.9. The molecule has 0 aromatic rings. The minimum Gasteiger partial charge on any atom is -0.377 e. The van der Waals surface area contributed by atoms with Crippen LogP contribution in [0.25, 0.3) is 0 Å². The van der Waals surface area contributed by atoms with E-state index in [2.05, 4.69) is 17.5 Å². The molecule has 1 rings (SSSR count). The van der Waals surface area contributed by atoms with Gasteiger partial charge in [0.05, 0.1) is 12.2 Å². The Balaban J connectivity index is 1.95. The van der Waals surface area contributed by atoms with E-state index in [4.69, 9.17) is 9.47 Å². The number of methoxy groups -OCH3 is 2. The van der Waals surface area contributed by atoms with E-state index < -0.39 is 0 Å². The fraction of sp³-hybridized carbons (Fsp3) is 1.00. The van der Waals surface area contributed by atoms with Crippen molar-refractivity contribution in [2.75, 3.05) is 39.6 Å². The maximum Gasteiger partial charge on any atom is 0.0971 e. The first kappa shape index (κ1) is 17.3. The Morgan fingerprint density at radius 1 is 0.842 bits per heavy atom. The van der Waals surface area contributed by atoms with Gasteiger partial charge in [0, 0.05) is 27.3 Å². The monoisotopic (exact) mass is 289 g/mol. The third-order valence-electron chi connectivity index (χ3n) is 4.03. The molecule has 3 nitrogen and oxygen atoms in total. The first-order chi connectivity index (χ1) is 9.31.